The Morgan fingerprint density at radius 1 is 0.508 bits per heavy atom. The molecule has 0 unspecified atom stereocenters. The summed E-state index contributed by atoms with van der Waals surface area (Å²) in [5.74, 6) is 0.799. The maximum Gasteiger partial charge on any atom is 0.243 e. The summed E-state index contributed by atoms with van der Waals surface area (Å²) in [6.45, 7) is 3.69. The molecular formula is C39H35Cl5N6O5S4. The van der Waals surface area contributed by atoms with E-state index in [-0.39, 0.29) is 9.79 Å². The molecule has 0 atom stereocenters. The van der Waals surface area contributed by atoms with Crippen LogP contribution in [0.25, 0.3) is 22.5 Å². The quantitative estimate of drug-likeness (QED) is 0.140. The standard InChI is InChI=1S/C20H19Cl2N3O3S2.C19H16Cl3N3O2S2/c1-28-17-4-2-14(3-5-17)19-13-29-20(23-19)24-6-8-25(9-7-24)30(26,27)18-11-15(21)10-16(22)12-18;20-14-3-1-13(2-4-14)18-12-28-19(23-18)24-5-7-25(8-6-24)29(26,27)17-10-15(21)9-16(22)11-17/h2-5,10-13H,6-9H2,1H3;1-4,9-12H,5-8H2. The van der Waals surface area contributed by atoms with Gasteiger partial charge in [-0.3, -0.25) is 0 Å². The van der Waals surface area contributed by atoms with Gasteiger partial charge in [0.15, 0.2) is 10.3 Å². The van der Waals surface area contributed by atoms with Crippen molar-refractivity contribution in [1.29, 1.82) is 0 Å². The fourth-order valence-electron chi connectivity index (χ4n) is 6.36. The van der Waals surface area contributed by atoms with Crippen LogP contribution in [0.5, 0.6) is 5.75 Å². The van der Waals surface area contributed by atoms with Crippen LogP contribution in [0.4, 0.5) is 10.3 Å². The Hall–Kier alpha value is -3.19. The van der Waals surface area contributed by atoms with Crippen LogP contribution in [0.3, 0.4) is 0 Å². The van der Waals surface area contributed by atoms with E-state index in [2.05, 4.69) is 9.80 Å². The zero-order chi connectivity index (χ0) is 41.9. The molecule has 4 heterocycles. The maximum absolute atomic E-state index is 12.9. The minimum absolute atomic E-state index is 0.114. The highest BCUT2D eigenvalue weighted by Gasteiger charge is 2.31. The molecule has 2 aliphatic heterocycles. The van der Waals surface area contributed by atoms with E-state index in [1.807, 2.05) is 59.3 Å². The lowest BCUT2D eigenvalue weighted by Gasteiger charge is -2.33. The fourth-order valence-corrected chi connectivity index (χ4v) is 12.6. The van der Waals surface area contributed by atoms with Gasteiger partial charge < -0.3 is 14.5 Å². The summed E-state index contributed by atoms with van der Waals surface area (Å²) in [4.78, 5) is 13.9. The molecule has 6 aromatic rings. The third-order valence-corrected chi connectivity index (χ3v) is 16.2. The first-order valence-electron chi connectivity index (χ1n) is 17.9. The first-order chi connectivity index (χ1) is 28.2. The van der Waals surface area contributed by atoms with Gasteiger partial charge >= 0.3 is 0 Å². The molecule has 2 fully saturated rings. The Morgan fingerprint density at radius 3 is 1.22 bits per heavy atom. The smallest absolute Gasteiger partial charge is 0.243 e. The normalized spacial score (nSPS) is 15.5. The lowest BCUT2D eigenvalue weighted by Crippen LogP contribution is -2.48. The molecule has 0 aliphatic carbocycles. The fraction of sp³-hybridized carbons (Fsp3) is 0.231. The summed E-state index contributed by atoms with van der Waals surface area (Å²) in [5, 5.41) is 7.63. The van der Waals surface area contributed by atoms with Crippen LogP contribution in [-0.2, 0) is 20.0 Å². The average molecular weight is 973 g/mol. The first kappa shape index (κ1) is 43.9. The number of rotatable bonds is 9. The lowest BCUT2D eigenvalue weighted by molar-refractivity contribution is 0.384. The first-order valence-corrected chi connectivity index (χ1v) is 24.5. The van der Waals surface area contributed by atoms with Crippen molar-refractivity contribution in [3.05, 3.63) is 121 Å². The van der Waals surface area contributed by atoms with Crippen molar-refractivity contribution < 1.29 is 21.6 Å². The van der Waals surface area contributed by atoms with Crippen molar-refractivity contribution >= 4 is 111 Å². The molecule has 59 heavy (non-hydrogen) atoms. The van der Waals surface area contributed by atoms with Gasteiger partial charge in [0, 0.05) is 99.4 Å². The van der Waals surface area contributed by atoms with Crippen LogP contribution in [-0.4, -0.2) is 94.9 Å². The minimum Gasteiger partial charge on any atom is -0.497 e. The molecule has 2 aliphatic rings. The summed E-state index contributed by atoms with van der Waals surface area (Å²) in [6, 6.07) is 24.0. The number of halogens is 5. The SMILES string of the molecule is COc1ccc(-c2csc(N3CCN(S(=O)(=O)c4cc(Cl)cc(Cl)c4)CC3)n2)cc1.O=S(=O)(c1cc(Cl)cc(Cl)c1)N1CCN(c2nc(-c3ccc(Cl)cc3)cs2)CC1. The molecule has 0 bridgehead atoms. The Labute approximate surface area is 376 Å². The van der Waals surface area contributed by atoms with Crippen LogP contribution in [0.1, 0.15) is 0 Å². The highest BCUT2D eigenvalue weighted by Crippen LogP contribution is 2.33. The monoisotopic (exact) mass is 970 g/mol. The van der Waals surface area contributed by atoms with Crippen LogP contribution in [0.2, 0.25) is 25.1 Å². The van der Waals surface area contributed by atoms with Gasteiger partial charge in [-0.2, -0.15) is 8.61 Å². The van der Waals surface area contributed by atoms with Gasteiger partial charge in [-0.05, 0) is 72.8 Å². The predicted molar refractivity (Wildman–Crippen MR) is 242 cm³/mol. The summed E-state index contributed by atoms with van der Waals surface area (Å²) in [7, 11) is -5.66. The number of ether oxygens (including phenoxy) is 1. The second-order valence-electron chi connectivity index (χ2n) is 13.3. The summed E-state index contributed by atoms with van der Waals surface area (Å²) in [5.41, 5.74) is 3.78. The number of hydrogen-bond acceptors (Lipinski definition) is 11. The van der Waals surface area contributed by atoms with E-state index < -0.39 is 20.0 Å². The minimum atomic E-state index is -3.65. The number of sulfonamides is 2. The number of methoxy groups -OCH3 is 1. The Kier molecular flexibility index (Phi) is 14.0. The van der Waals surface area contributed by atoms with Gasteiger partial charge in [0.25, 0.3) is 0 Å². The van der Waals surface area contributed by atoms with Crippen molar-refractivity contribution in [3.8, 4) is 28.3 Å². The van der Waals surface area contributed by atoms with Crippen molar-refractivity contribution in [1.82, 2.24) is 18.6 Å². The van der Waals surface area contributed by atoms with Crippen LogP contribution >= 0.6 is 80.7 Å². The van der Waals surface area contributed by atoms with Gasteiger partial charge in [0.2, 0.25) is 20.0 Å². The largest absolute Gasteiger partial charge is 0.497 e. The molecule has 4 aromatic carbocycles. The van der Waals surface area contributed by atoms with Crippen LogP contribution in [0, 0.1) is 0 Å². The predicted octanol–water partition coefficient (Wildman–Crippen LogP) is 9.92. The van der Waals surface area contributed by atoms with Gasteiger partial charge in [-0.1, -0.05) is 70.1 Å². The number of thiazole rings is 2. The number of aromatic nitrogens is 2. The van der Waals surface area contributed by atoms with E-state index in [9.17, 15) is 16.8 Å². The Morgan fingerprint density at radius 2 is 0.864 bits per heavy atom. The van der Waals surface area contributed by atoms with Gasteiger partial charge in [-0.25, -0.2) is 26.8 Å². The third-order valence-electron chi connectivity index (χ3n) is 9.48. The van der Waals surface area contributed by atoms with Crippen molar-refractivity contribution in [2.45, 2.75) is 9.79 Å². The third kappa shape index (κ3) is 10.5. The highest BCUT2D eigenvalue weighted by atomic mass is 35.5. The summed E-state index contributed by atoms with van der Waals surface area (Å²) in [6.07, 6.45) is 0. The molecule has 0 amide bonds. The summed E-state index contributed by atoms with van der Waals surface area (Å²) >= 11 is 32.9. The summed E-state index contributed by atoms with van der Waals surface area (Å²) < 4.78 is 59.8. The second-order valence-corrected chi connectivity index (χ2v) is 21.0. The maximum atomic E-state index is 12.9. The van der Waals surface area contributed by atoms with E-state index in [1.54, 1.807) is 29.8 Å². The molecule has 20 heteroatoms. The van der Waals surface area contributed by atoms with Crippen LogP contribution in [0.15, 0.2) is 105 Å². The number of nitrogens with zero attached hydrogens (tertiary/aromatic N) is 6. The number of benzene rings is 4. The topological polar surface area (TPSA) is 116 Å². The van der Waals surface area contributed by atoms with E-state index in [4.69, 9.17) is 72.7 Å². The molecule has 310 valence electrons. The second kappa shape index (κ2) is 18.8. The van der Waals surface area contributed by atoms with Crippen LogP contribution < -0.4 is 14.5 Å². The molecular weight excluding hydrogens is 938 g/mol. The van der Waals surface area contributed by atoms with Gasteiger partial charge in [0.05, 0.1) is 28.3 Å². The Balaban J connectivity index is 0.000000179. The van der Waals surface area contributed by atoms with E-state index in [1.165, 1.54) is 45.0 Å². The lowest BCUT2D eigenvalue weighted by atomic mass is 10.2. The highest BCUT2D eigenvalue weighted by molar-refractivity contribution is 7.89. The average Bonchev–Trinajstić information content (AvgIpc) is 3.93. The molecule has 0 N–H and O–H groups in total. The number of anilines is 2. The number of piperazine rings is 2. The molecule has 11 nitrogen and oxygen atoms in total. The number of hydrogen-bond donors (Lipinski definition) is 0. The molecule has 0 spiro atoms. The Bertz CT molecular complexity index is 2590. The molecule has 8 rings (SSSR count). The molecule has 0 saturated carbocycles. The molecule has 2 saturated heterocycles. The molecule has 0 radical (unpaired) electrons. The van der Waals surface area contributed by atoms with Gasteiger partial charge in [0.1, 0.15) is 5.75 Å². The zero-order valence-electron chi connectivity index (χ0n) is 31.1. The van der Waals surface area contributed by atoms with E-state index >= 15 is 0 Å². The van der Waals surface area contributed by atoms with Crippen molar-refractivity contribution in [2.75, 3.05) is 69.3 Å². The zero-order valence-corrected chi connectivity index (χ0v) is 38.2. The van der Waals surface area contributed by atoms with Crippen molar-refractivity contribution in [2.24, 2.45) is 0 Å². The molecule has 2 aromatic heterocycles. The van der Waals surface area contributed by atoms with Gasteiger partial charge in [-0.15, -0.1) is 22.7 Å². The van der Waals surface area contributed by atoms with E-state index in [0.29, 0.717) is 77.5 Å². The van der Waals surface area contributed by atoms with E-state index in [0.717, 1.165) is 38.5 Å². The van der Waals surface area contributed by atoms with Crippen molar-refractivity contribution in [3.63, 3.8) is 0 Å².